The van der Waals surface area contributed by atoms with E-state index in [0.29, 0.717) is 5.69 Å². The Labute approximate surface area is 164 Å². The highest BCUT2D eigenvalue weighted by Gasteiger charge is 2.23. The molecule has 0 fully saturated rings. The van der Waals surface area contributed by atoms with E-state index >= 15 is 0 Å². The molecule has 0 spiro atoms. The monoisotopic (exact) mass is 372 g/mol. The van der Waals surface area contributed by atoms with Crippen molar-refractivity contribution in [2.45, 2.75) is 26.8 Å². The predicted octanol–water partition coefficient (Wildman–Crippen LogP) is 4.35. The Morgan fingerprint density at radius 3 is 2.54 bits per heavy atom. The number of rotatable bonds is 4. The number of nitrogens with one attached hydrogen (secondary N) is 2. The van der Waals surface area contributed by atoms with Gasteiger partial charge >= 0.3 is 0 Å². The number of H-pyrrole nitrogens is 1. The number of hydrogen-bond donors (Lipinski definition) is 2. The van der Waals surface area contributed by atoms with E-state index in [4.69, 9.17) is 0 Å². The molecule has 5 heteroatoms. The number of benzene rings is 2. The molecule has 0 radical (unpaired) electrons. The summed E-state index contributed by atoms with van der Waals surface area (Å²) in [5, 5.41) is 8.57. The number of aromatic amines is 1. The quantitative estimate of drug-likeness (QED) is 0.559. The van der Waals surface area contributed by atoms with Crippen molar-refractivity contribution in [1.29, 1.82) is 0 Å². The molecular formula is C23H24N4O. The summed E-state index contributed by atoms with van der Waals surface area (Å²) >= 11 is 0. The fourth-order valence-electron chi connectivity index (χ4n) is 3.85. The molecule has 0 aliphatic carbocycles. The standard InChI is InChI=1S/C23H24N4O/c1-14-12-15(2)20-18(13-14)16(3)21(25-20)23(28)26-22(17-8-6-5-7-9-17)19-10-11-24-27(19)4/h5-13,22,25H,1-4H3,(H,26,28). The molecule has 1 amide bonds. The van der Waals surface area contributed by atoms with Gasteiger partial charge in [0.2, 0.25) is 0 Å². The van der Waals surface area contributed by atoms with Gasteiger partial charge in [0.15, 0.2) is 0 Å². The van der Waals surface area contributed by atoms with E-state index in [2.05, 4.69) is 41.4 Å². The summed E-state index contributed by atoms with van der Waals surface area (Å²) < 4.78 is 1.80. The van der Waals surface area contributed by atoms with Crippen LogP contribution in [-0.4, -0.2) is 20.7 Å². The topological polar surface area (TPSA) is 62.7 Å². The Morgan fingerprint density at radius 1 is 1.11 bits per heavy atom. The highest BCUT2D eigenvalue weighted by molar-refractivity contribution is 6.02. The van der Waals surface area contributed by atoms with Crippen LogP contribution in [0.2, 0.25) is 0 Å². The summed E-state index contributed by atoms with van der Waals surface area (Å²) in [5.74, 6) is -0.124. The van der Waals surface area contributed by atoms with Crippen LogP contribution in [0.5, 0.6) is 0 Å². The minimum absolute atomic E-state index is 0.124. The van der Waals surface area contributed by atoms with Gasteiger partial charge in [-0.25, -0.2) is 0 Å². The Morgan fingerprint density at radius 2 is 1.86 bits per heavy atom. The van der Waals surface area contributed by atoms with Gasteiger partial charge in [-0.15, -0.1) is 0 Å². The average molecular weight is 372 g/mol. The third-order valence-corrected chi connectivity index (χ3v) is 5.30. The normalized spacial score (nSPS) is 12.3. The maximum atomic E-state index is 13.2. The molecule has 1 unspecified atom stereocenters. The maximum absolute atomic E-state index is 13.2. The zero-order valence-electron chi connectivity index (χ0n) is 16.6. The highest BCUT2D eigenvalue weighted by atomic mass is 16.2. The van der Waals surface area contributed by atoms with Crippen molar-refractivity contribution < 1.29 is 4.79 Å². The Bertz CT molecular complexity index is 1150. The number of amides is 1. The Hall–Kier alpha value is -3.34. The SMILES string of the molecule is Cc1cc(C)c2[nH]c(C(=O)NC(c3ccccc3)c3ccnn3C)c(C)c2c1. The first-order chi connectivity index (χ1) is 13.5. The smallest absolute Gasteiger partial charge is 0.268 e. The van der Waals surface area contributed by atoms with Crippen LogP contribution < -0.4 is 5.32 Å². The predicted molar refractivity (Wildman–Crippen MR) is 111 cm³/mol. The molecule has 2 aromatic heterocycles. The average Bonchev–Trinajstić information content (AvgIpc) is 3.24. The van der Waals surface area contributed by atoms with Crippen LogP contribution in [0.1, 0.15) is 44.5 Å². The molecule has 28 heavy (non-hydrogen) atoms. The first kappa shape index (κ1) is 18.0. The lowest BCUT2D eigenvalue weighted by Gasteiger charge is -2.19. The molecule has 0 aliphatic rings. The molecule has 5 nitrogen and oxygen atoms in total. The van der Waals surface area contributed by atoms with Gasteiger partial charge in [0.25, 0.3) is 5.91 Å². The third kappa shape index (κ3) is 3.09. The molecule has 1 atom stereocenters. The van der Waals surface area contributed by atoms with Crippen LogP contribution >= 0.6 is 0 Å². The Balaban J connectivity index is 1.75. The number of nitrogens with zero attached hydrogens (tertiary/aromatic N) is 2. The number of carbonyl (C=O) groups excluding carboxylic acids is 1. The molecule has 2 aromatic carbocycles. The van der Waals surface area contributed by atoms with Crippen molar-refractivity contribution in [2.24, 2.45) is 7.05 Å². The molecule has 4 rings (SSSR count). The number of aryl methyl sites for hydroxylation is 4. The van der Waals surface area contributed by atoms with Crippen LogP contribution in [0.25, 0.3) is 10.9 Å². The maximum Gasteiger partial charge on any atom is 0.268 e. The first-order valence-electron chi connectivity index (χ1n) is 9.39. The zero-order chi connectivity index (χ0) is 19.8. The molecule has 0 saturated heterocycles. The van der Waals surface area contributed by atoms with Crippen molar-refractivity contribution in [1.82, 2.24) is 20.1 Å². The van der Waals surface area contributed by atoms with E-state index < -0.39 is 0 Å². The third-order valence-electron chi connectivity index (χ3n) is 5.30. The zero-order valence-corrected chi connectivity index (χ0v) is 16.6. The summed E-state index contributed by atoms with van der Waals surface area (Å²) in [6.07, 6.45) is 1.75. The van der Waals surface area contributed by atoms with Gasteiger partial charge in [0.05, 0.1) is 11.7 Å². The number of carbonyl (C=O) groups is 1. The molecular weight excluding hydrogens is 348 g/mol. The molecule has 0 bridgehead atoms. The lowest BCUT2D eigenvalue weighted by atomic mass is 10.0. The molecule has 4 aromatic rings. The van der Waals surface area contributed by atoms with E-state index in [0.717, 1.165) is 33.3 Å². The summed E-state index contributed by atoms with van der Waals surface area (Å²) in [4.78, 5) is 16.6. The van der Waals surface area contributed by atoms with E-state index in [1.54, 1.807) is 10.9 Å². The van der Waals surface area contributed by atoms with Gasteiger partial charge < -0.3 is 10.3 Å². The highest BCUT2D eigenvalue weighted by Crippen LogP contribution is 2.27. The van der Waals surface area contributed by atoms with Gasteiger partial charge in [-0.1, -0.05) is 42.0 Å². The number of fused-ring (bicyclic) bond motifs is 1. The van der Waals surface area contributed by atoms with E-state index in [1.807, 2.05) is 50.4 Å². The van der Waals surface area contributed by atoms with Crippen molar-refractivity contribution >= 4 is 16.8 Å². The lowest BCUT2D eigenvalue weighted by Crippen LogP contribution is -2.31. The van der Waals surface area contributed by atoms with Crippen LogP contribution in [-0.2, 0) is 7.05 Å². The van der Waals surface area contributed by atoms with Gasteiger partial charge in [0, 0.05) is 24.1 Å². The minimum atomic E-state index is -0.283. The second-order valence-corrected chi connectivity index (χ2v) is 7.33. The lowest BCUT2D eigenvalue weighted by molar-refractivity contribution is 0.0937. The number of hydrogen-bond acceptors (Lipinski definition) is 2. The second kappa shape index (κ2) is 7.00. The first-order valence-corrected chi connectivity index (χ1v) is 9.39. The summed E-state index contributed by atoms with van der Waals surface area (Å²) in [7, 11) is 1.89. The molecule has 0 aliphatic heterocycles. The van der Waals surface area contributed by atoms with Crippen LogP contribution in [0.4, 0.5) is 0 Å². The summed E-state index contributed by atoms with van der Waals surface area (Å²) in [5.41, 5.74) is 6.87. The van der Waals surface area contributed by atoms with E-state index in [1.165, 1.54) is 5.56 Å². The Kier molecular flexibility index (Phi) is 4.51. The van der Waals surface area contributed by atoms with E-state index in [-0.39, 0.29) is 11.9 Å². The van der Waals surface area contributed by atoms with Gasteiger partial charge in [0.1, 0.15) is 5.69 Å². The summed E-state index contributed by atoms with van der Waals surface area (Å²) in [6.45, 7) is 6.13. The molecule has 142 valence electrons. The van der Waals surface area contributed by atoms with Gasteiger partial charge in [-0.3, -0.25) is 9.48 Å². The van der Waals surface area contributed by atoms with Crippen molar-refractivity contribution in [3.05, 3.63) is 88.4 Å². The van der Waals surface area contributed by atoms with Crippen LogP contribution in [0.3, 0.4) is 0 Å². The number of aromatic nitrogens is 3. The molecule has 2 heterocycles. The van der Waals surface area contributed by atoms with Crippen LogP contribution in [0, 0.1) is 20.8 Å². The van der Waals surface area contributed by atoms with E-state index in [9.17, 15) is 4.79 Å². The van der Waals surface area contributed by atoms with Crippen molar-refractivity contribution in [3.8, 4) is 0 Å². The summed E-state index contributed by atoms with van der Waals surface area (Å²) in [6, 6.07) is 15.9. The van der Waals surface area contributed by atoms with Crippen LogP contribution in [0.15, 0.2) is 54.7 Å². The van der Waals surface area contributed by atoms with Crippen molar-refractivity contribution in [3.63, 3.8) is 0 Å². The fraction of sp³-hybridized carbons (Fsp3) is 0.217. The van der Waals surface area contributed by atoms with Gasteiger partial charge in [-0.2, -0.15) is 5.10 Å². The fourth-order valence-corrected chi connectivity index (χ4v) is 3.85. The van der Waals surface area contributed by atoms with Crippen molar-refractivity contribution in [2.75, 3.05) is 0 Å². The molecule has 2 N–H and O–H groups in total. The minimum Gasteiger partial charge on any atom is -0.350 e. The molecule has 0 saturated carbocycles. The largest absolute Gasteiger partial charge is 0.350 e. The second-order valence-electron chi connectivity index (χ2n) is 7.33. The van der Waals surface area contributed by atoms with Gasteiger partial charge in [-0.05, 0) is 49.6 Å².